The average Bonchev–Trinajstić information content (AvgIpc) is 3.52. The van der Waals surface area contributed by atoms with Gasteiger partial charge in [-0.1, -0.05) is 0 Å². The second-order valence-electron chi connectivity index (χ2n) is 9.38. The van der Waals surface area contributed by atoms with Crippen LogP contribution in [0.25, 0.3) is 0 Å². The summed E-state index contributed by atoms with van der Waals surface area (Å²) >= 11 is 0. The van der Waals surface area contributed by atoms with Crippen LogP contribution < -0.4 is 19.5 Å². The lowest BCUT2D eigenvalue weighted by Crippen LogP contribution is -2.48. The highest BCUT2D eigenvalue weighted by molar-refractivity contribution is 6.04. The SMILES string of the molecule is O=C(Nc1ccc2c(c1)[C@@H]1C[C@H](CC(=O)N3CCOCC3)O[C@@H](CO)[C@@H]1O2)c1ccc2c(c1)OCO2. The zero-order chi connectivity index (χ0) is 24.6. The van der Waals surface area contributed by atoms with E-state index in [1.807, 2.05) is 12.1 Å². The fourth-order valence-electron chi connectivity index (χ4n) is 5.34. The van der Waals surface area contributed by atoms with Crippen LogP contribution in [0, 0.1) is 0 Å². The number of hydrogen-bond acceptors (Lipinski definition) is 8. The number of aliphatic hydroxyl groups is 1. The molecule has 10 heteroatoms. The summed E-state index contributed by atoms with van der Waals surface area (Å²) in [4.78, 5) is 27.5. The van der Waals surface area contributed by atoms with Gasteiger partial charge in [0.25, 0.3) is 5.91 Å². The van der Waals surface area contributed by atoms with Crippen molar-refractivity contribution < 1.29 is 38.4 Å². The fraction of sp³-hybridized carbons (Fsp3) is 0.462. The Labute approximate surface area is 208 Å². The van der Waals surface area contributed by atoms with Gasteiger partial charge in [-0.25, -0.2) is 0 Å². The number of morpholine rings is 1. The normalized spacial score (nSPS) is 26.1. The first-order valence-electron chi connectivity index (χ1n) is 12.2. The monoisotopic (exact) mass is 496 g/mol. The number of aliphatic hydroxyl groups excluding tert-OH is 1. The van der Waals surface area contributed by atoms with E-state index in [9.17, 15) is 14.7 Å². The predicted molar refractivity (Wildman–Crippen MR) is 126 cm³/mol. The molecule has 2 amide bonds. The van der Waals surface area contributed by atoms with Crippen LogP contribution in [-0.4, -0.2) is 79.8 Å². The van der Waals surface area contributed by atoms with Crippen molar-refractivity contribution >= 4 is 17.5 Å². The van der Waals surface area contributed by atoms with Gasteiger partial charge in [-0.15, -0.1) is 0 Å². The Morgan fingerprint density at radius 1 is 1.03 bits per heavy atom. The van der Waals surface area contributed by atoms with Crippen LogP contribution in [0.2, 0.25) is 0 Å². The van der Waals surface area contributed by atoms with E-state index < -0.39 is 6.10 Å². The van der Waals surface area contributed by atoms with Crippen molar-refractivity contribution in [3.8, 4) is 17.2 Å². The molecule has 4 atom stereocenters. The quantitative estimate of drug-likeness (QED) is 0.645. The minimum atomic E-state index is -0.537. The van der Waals surface area contributed by atoms with Crippen LogP contribution in [0.3, 0.4) is 0 Å². The van der Waals surface area contributed by atoms with Gasteiger partial charge < -0.3 is 39.0 Å². The summed E-state index contributed by atoms with van der Waals surface area (Å²) in [6.07, 6.45) is -0.385. The van der Waals surface area contributed by atoms with Gasteiger partial charge in [-0.2, -0.15) is 0 Å². The number of rotatable bonds is 5. The van der Waals surface area contributed by atoms with Crippen LogP contribution in [0.1, 0.15) is 34.7 Å². The van der Waals surface area contributed by atoms with Crippen molar-refractivity contribution in [1.29, 1.82) is 0 Å². The molecule has 190 valence electrons. The van der Waals surface area contributed by atoms with E-state index in [0.29, 0.717) is 61.2 Å². The van der Waals surface area contributed by atoms with Crippen LogP contribution in [0.4, 0.5) is 5.69 Å². The molecule has 0 unspecified atom stereocenters. The summed E-state index contributed by atoms with van der Waals surface area (Å²) in [6.45, 7) is 2.20. The highest BCUT2D eigenvalue weighted by atomic mass is 16.7. The smallest absolute Gasteiger partial charge is 0.255 e. The molecule has 2 aromatic carbocycles. The Morgan fingerprint density at radius 3 is 2.67 bits per heavy atom. The molecule has 36 heavy (non-hydrogen) atoms. The number of carbonyl (C=O) groups excluding carboxylic acids is 2. The van der Waals surface area contributed by atoms with E-state index in [2.05, 4.69) is 5.32 Å². The lowest BCUT2D eigenvalue weighted by Gasteiger charge is -2.38. The molecule has 0 aromatic heterocycles. The minimum absolute atomic E-state index is 0.0299. The second kappa shape index (κ2) is 9.61. The minimum Gasteiger partial charge on any atom is -0.487 e. The maximum absolute atomic E-state index is 12.9. The molecule has 2 aromatic rings. The first-order chi connectivity index (χ1) is 17.6. The van der Waals surface area contributed by atoms with Crippen LogP contribution >= 0.6 is 0 Å². The Morgan fingerprint density at radius 2 is 1.83 bits per heavy atom. The zero-order valence-electron chi connectivity index (χ0n) is 19.7. The summed E-state index contributed by atoms with van der Waals surface area (Å²) in [6, 6.07) is 10.6. The molecule has 0 bridgehead atoms. The predicted octanol–water partition coefficient (Wildman–Crippen LogP) is 1.91. The molecular formula is C26H28N2O8. The Kier molecular flexibility index (Phi) is 6.16. The van der Waals surface area contributed by atoms with Crippen LogP contribution in [0.5, 0.6) is 17.2 Å². The maximum Gasteiger partial charge on any atom is 0.255 e. The van der Waals surface area contributed by atoms with E-state index in [1.165, 1.54) is 0 Å². The van der Waals surface area contributed by atoms with Crippen molar-refractivity contribution in [3.63, 3.8) is 0 Å². The number of nitrogens with one attached hydrogen (secondary N) is 1. The summed E-state index contributed by atoms with van der Waals surface area (Å²) < 4.78 is 28.2. The Hall–Kier alpha value is -3.34. The number of carbonyl (C=O) groups is 2. The second-order valence-corrected chi connectivity index (χ2v) is 9.38. The molecule has 2 N–H and O–H groups in total. The maximum atomic E-state index is 12.9. The van der Waals surface area contributed by atoms with Gasteiger partial charge in [0.2, 0.25) is 12.7 Å². The molecular weight excluding hydrogens is 468 g/mol. The van der Waals surface area contributed by atoms with Gasteiger partial charge in [0.15, 0.2) is 11.5 Å². The number of fused-ring (bicyclic) bond motifs is 4. The van der Waals surface area contributed by atoms with E-state index in [0.717, 1.165) is 5.56 Å². The van der Waals surface area contributed by atoms with Gasteiger partial charge in [-0.05, 0) is 42.8 Å². The number of hydrogen-bond donors (Lipinski definition) is 2. The Bertz CT molecular complexity index is 1160. The third-order valence-electron chi connectivity index (χ3n) is 7.16. The van der Waals surface area contributed by atoms with E-state index in [-0.39, 0.29) is 49.8 Å². The average molecular weight is 497 g/mol. The first kappa shape index (κ1) is 23.1. The topological polar surface area (TPSA) is 116 Å². The zero-order valence-corrected chi connectivity index (χ0v) is 19.7. The number of benzene rings is 2. The van der Waals surface area contributed by atoms with E-state index in [1.54, 1.807) is 29.2 Å². The molecule has 2 fully saturated rings. The number of anilines is 1. The molecule has 4 aliphatic heterocycles. The molecule has 0 radical (unpaired) electrons. The third-order valence-corrected chi connectivity index (χ3v) is 7.16. The number of nitrogens with zero attached hydrogens (tertiary/aromatic N) is 1. The third kappa shape index (κ3) is 4.36. The highest BCUT2D eigenvalue weighted by Crippen LogP contribution is 2.47. The van der Waals surface area contributed by atoms with E-state index >= 15 is 0 Å². The molecule has 4 heterocycles. The van der Waals surface area contributed by atoms with Crippen LogP contribution in [0.15, 0.2) is 36.4 Å². The number of amides is 2. The van der Waals surface area contributed by atoms with Crippen LogP contribution in [-0.2, 0) is 14.3 Å². The molecule has 2 saturated heterocycles. The molecule has 6 rings (SSSR count). The summed E-state index contributed by atoms with van der Waals surface area (Å²) in [5.41, 5.74) is 2.03. The molecule has 4 aliphatic rings. The van der Waals surface area contributed by atoms with Gasteiger partial charge in [0, 0.05) is 35.8 Å². The molecule has 0 saturated carbocycles. The van der Waals surface area contributed by atoms with Crippen molar-refractivity contribution in [2.75, 3.05) is 45.0 Å². The van der Waals surface area contributed by atoms with Gasteiger partial charge >= 0.3 is 0 Å². The first-order valence-corrected chi connectivity index (χ1v) is 12.2. The Balaban J connectivity index is 1.17. The summed E-state index contributed by atoms with van der Waals surface area (Å²) in [5.74, 6) is 1.57. The fourth-order valence-corrected chi connectivity index (χ4v) is 5.34. The van der Waals surface area contributed by atoms with Crippen molar-refractivity contribution in [2.45, 2.75) is 37.1 Å². The summed E-state index contributed by atoms with van der Waals surface area (Å²) in [5, 5.41) is 12.9. The van der Waals surface area contributed by atoms with Gasteiger partial charge in [-0.3, -0.25) is 9.59 Å². The standard InChI is InChI=1S/C26H28N2O8/c29-13-23-25-19(11-17(35-23)12-24(30)28-5-7-32-8-6-28)18-10-16(2-4-20(18)36-25)27-26(31)15-1-3-21-22(9-15)34-14-33-21/h1-4,9-10,17,19,23,25,29H,5-8,11-14H2,(H,27,31)/t17-,19+,23+,25-/m1/s1. The van der Waals surface area contributed by atoms with Gasteiger partial charge in [0.05, 0.1) is 32.3 Å². The van der Waals surface area contributed by atoms with Crippen molar-refractivity contribution in [3.05, 3.63) is 47.5 Å². The number of ether oxygens (including phenoxy) is 5. The lowest BCUT2D eigenvalue weighted by molar-refractivity contribution is -0.151. The largest absolute Gasteiger partial charge is 0.487 e. The van der Waals surface area contributed by atoms with Crippen molar-refractivity contribution in [1.82, 2.24) is 4.90 Å². The van der Waals surface area contributed by atoms with Gasteiger partial charge in [0.1, 0.15) is 18.0 Å². The molecule has 0 spiro atoms. The molecule has 0 aliphatic carbocycles. The highest BCUT2D eigenvalue weighted by Gasteiger charge is 2.46. The molecule has 10 nitrogen and oxygen atoms in total. The van der Waals surface area contributed by atoms with Crippen molar-refractivity contribution in [2.24, 2.45) is 0 Å². The lowest BCUT2D eigenvalue weighted by atomic mass is 9.84. The van der Waals surface area contributed by atoms with E-state index in [4.69, 9.17) is 23.7 Å². The summed E-state index contributed by atoms with van der Waals surface area (Å²) in [7, 11) is 0.